The molecule has 1 amide bonds. The lowest BCUT2D eigenvalue weighted by molar-refractivity contribution is -0.121. The van der Waals surface area contributed by atoms with Crippen molar-refractivity contribution in [1.29, 1.82) is 5.26 Å². The molecule has 0 radical (unpaired) electrons. The summed E-state index contributed by atoms with van der Waals surface area (Å²) in [5, 5.41) is 12.4. The van der Waals surface area contributed by atoms with Crippen LogP contribution in [0.5, 0.6) is 0 Å². The summed E-state index contributed by atoms with van der Waals surface area (Å²) in [7, 11) is 0. The SMILES string of the molecule is CC1CCC(C(=O)Nc2cc(Cl)ccc2C#N)CC1. The van der Waals surface area contributed by atoms with Crippen LogP contribution < -0.4 is 5.32 Å². The number of amides is 1. The maximum Gasteiger partial charge on any atom is 0.227 e. The first-order chi connectivity index (χ1) is 9.10. The normalized spacial score (nSPS) is 22.6. The highest BCUT2D eigenvalue weighted by molar-refractivity contribution is 6.31. The molecule has 0 heterocycles. The zero-order chi connectivity index (χ0) is 13.8. The molecule has 0 atom stereocenters. The second kappa shape index (κ2) is 6.08. The molecule has 1 aromatic rings. The molecule has 0 saturated heterocycles. The van der Waals surface area contributed by atoms with E-state index < -0.39 is 0 Å². The number of benzene rings is 1. The van der Waals surface area contributed by atoms with E-state index in [4.69, 9.17) is 16.9 Å². The Labute approximate surface area is 118 Å². The van der Waals surface area contributed by atoms with Crippen LogP contribution in [0.3, 0.4) is 0 Å². The van der Waals surface area contributed by atoms with Crippen molar-refractivity contribution >= 4 is 23.2 Å². The van der Waals surface area contributed by atoms with Gasteiger partial charge in [0.15, 0.2) is 0 Å². The number of carbonyl (C=O) groups is 1. The Kier molecular flexibility index (Phi) is 4.44. The molecule has 4 heteroatoms. The van der Waals surface area contributed by atoms with Gasteiger partial charge in [-0.05, 0) is 49.8 Å². The van der Waals surface area contributed by atoms with Crippen molar-refractivity contribution in [3.63, 3.8) is 0 Å². The first-order valence-corrected chi connectivity index (χ1v) is 6.98. The van der Waals surface area contributed by atoms with Gasteiger partial charge < -0.3 is 5.32 Å². The average molecular weight is 277 g/mol. The Balaban J connectivity index is 2.07. The highest BCUT2D eigenvalue weighted by atomic mass is 35.5. The van der Waals surface area contributed by atoms with Gasteiger partial charge in [0.2, 0.25) is 5.91 Å². The zero-order valence-corrected chi connectivity index (χ0v) is 11.7. The number of nitriles is 1. The van der Waals surface area contributed by atoms with Gasteiger partial charge in [0.1, 0.15) is 6.07 Å². The molecule has 0 spiro atoms. The summed E-state index contributed by atoms with van der Waals surface area (Å²) in [6.45, 7) is 2.22. The van der Waals surface area contributed by atoms with Gasteiger partial charge in [-0.15, -0.1) is 0 Å². The van der Waals surface area contributed by atoms with Crippen molar-refractivity contribution < 1.29 is 4.79 Å². The highest BCUT2D eigenvalue weighted by Gasteiger charge is 2.24. The maximum absolute atomic E-state index is 12.2. The monoisotopic (exact) mass is 276 g/mol. The van der Waals surface area contributed by atoms with E-state index in [1.54, 1.807) is 18.2 Å². The molecule has 1 fully saturated rings. The zero-order valence-electron chi connectivity index (χ0n) is 10.9. The van der Waals surface area contributed by atoms with E-state index in [2.05, 4.69) is 18.3 Å². The van der Waals surface area contributed by atoms with Crippen LogP contribution in [0.15, 0.2) is 18.2 Å². The van der Waals surface area contributed by atoms with Crippen molar-refractivity contribution in [3.8, 4) is 6.07 Å². The molecule has 19 heavy (non-hydrogen) atoms. The van der Waals surface area contributed by atoms with E-state index in [1.807, 2.05) is 0 Å². The van der Waals surface area contributed by atoms with Crippen LogP contribution in [0.4, 0.5) is 5.69 Å². The van der Waals surface area contributed by atoms with E-state index in [-0.39, 0.29) is 11.8 Å². The summed E-state index contributed by atoms with van der Waals surface area (Å²) >= 11 is 5.90. The summed E-state index contributed by atoms with van der Waals surface area (Å²) in [6.07, 6.45) is 4.04. The molecule has 0 aliphatic heterocycles. The summed E-state index contributed by atoms with van der Waals surface area (Å²) in [5.41, 5.74) is 0.959. The lowest BCUT2D eigenvalue weighted by Gasteiger charge is -2.25. The van der Waals surface area contributed by atoms with Crippen LogP contribution in [0, 0.1) is 23.2 Å². The molecule has 1 aromatic carbocycles. The number of nitrogens with zero attached hydrogens (tertiary/aromatic N) is 1. The minimum Gasteiger partial charge on any atom is -0.325 e. The fourth-order valence-corrected chi connectivity index (χ4v) is 2.65. The molecule has 3 nitrogen and oxygen atoms in total. The smallest absolute Gasteiger partial charge is 0.227 e. The maximum atomic E-state index is 12.2. The van der Waals surface area contributed by atoms with Crippen molar-refractivity contribution in [3.05, 3.63) is 28.8 Å². The highest BCUT2D eigenvalue weighted by Crippen LogP contribution is 2.30. The van der Waals surface area contributed by atoms with Gasteiger partial charge >= 0.3 is 0 Å². The summed E-state index contributed by atoms with van der Waals surface area (Å²) < 4.78 is 0. The fraction of sp³-hybridized carbons (Fsp3) is 0.467. The van der Waals surface area contributed by atoms with Gasteiger partial charge in [0.05, 0.1) is 11.3 Å². The fourth-order valence-electron chi connectivity index (χ4n) is 2.47. The largest absolute Gasteiger partial charge is 0.325 e. The summed E-state index contributed by atoms with van der Waals surface area (Å²) in [6, 6.07) is 6.97. The molecule has 1 saturated carbocycles. The van der Waals surface area contributed by atoms with Crippen LogP contribution in [0.25, 0.3) is 0 Å². The van der Waals surface area contributed by atoms with Gasteiger partial charge in [-0.3, -0.25) is 4.79 Å². The Morgan fingerprint density at radius 2 is 2.05 bits per heavy atom. The van der Waals surface area contributed by atoms with Crippen LogP contribution in [0.1, 0.15) is 38.2 Å². The predicted octanol–water partition coefficient (Wildman–Crippen LogP) is 3.98. The van der Waals surface area contributed by atoms with E-state index in [0.29, 0.717) is 22.2 Å². The topological polar surface area (TPSA) is 52.9 Å². The third-order valence-electron chi connectivity index (χ3n) is 3.75. The van der Waals surface area contributed by atoms with Gasteiger partial charge in [0.25, 0.3) is 0 Å². The van der Waals surface area contributed by atoms with Crippen molar-refractivity contribution in [2.45, 2.75) is 32.6 Å². The molecule has 1 N–H and O–H groups in total. The van der Waals surface area contributed by atoms with Crippen LogP contribution in [-0.4, -0.2) is 5.91 Å². The molecule has 1 aliphatic rings. The Bertz CT molecular complexity index is 513. The van der Waals surface area contributed by atoms with E-state index in [1.165, 1.54) is 0 Å². The third-order valence-corrected chi connectivity index (χ3v) is 3.98. The second-order valence-corrected chi connectivity index (χ2v) is 5.68. The number of halogens is 1. The number of carbonyl (C=O) groups excluding carboxylic acids is 1. The molecule has 0 unspecified atom stereocenters. The summed E-state index contributed by atoms with van der Waals surface area (Å²) in [5.74, 6) is 0.775. The minimum absolute atomic E-state index is 0.00525. The first-order valence-electron chi connectivity index (χ1n) is 6.60. The Morgan fingerprint density at radius 1 is 1.37 bits per heavy atom. The number of anilines is 1. The first kappa shape index (κ1) is 13.9. The number of hydrogen-bond acceptors (Lipinski definition) is 2. The molecular weight excluding hydrogens is 260 g/mol. The second-order valence-electron chi connectivity index (χ2n) is 5.25. The lowest BCUT2D eigenvalue weighted by Crippen LogP contribution is -2.26. The minimum atomic E-state index is 0.00525. The average Bonchev–Trinajstić information content (AvgIpc) is 2.39. The van der Waals surface area contributed by atoms with Crippen LogP contribution in [0.2, 0.25) is 5.02 Å². The Hall–Kier alpha value is -1.53. The molecule has 2 rings (SSSR count). The molecule has 0 aromatic heterocycles. The summed E-state index contributed by atoms with van der Waals surface area (Å²) in [4.78, 5) is 12.2. The van der Waals surface area contributed by atoms with Crippen molar-refractivity contribution in [1.82, 2.24) is 0 Å². The number of hydrogen-bond donors (Lipinski definition) is 1. The van der Waals surface area contributed by atoms with E-state index in [9.17, 15) is 4.79 Å². The van der Waals surface area contributed by atoms with Crippen LogP contribution >= 0.6 is 11.6 Å². The van der Waals surface area contributed by atoms with E-state index >= 15 is 0 Å². The van der Waals surface area contributed by atoms with Gasteiger partial charge in [-0.25, -0.2) is 0 Å². The van der Waals surface area contributed by atoms with Gasteiger partial charge in [0, 0.05) is 10.9 Å². The quantitative estimate of drug-likeness (QED) is 0.888. The molecular formula is C15H17ClN2O. The van der Waals surface area contributed by atoms with Crippen molar-refractivity contribution in [2.24, 2.45) is 11.8 Å². The third kappa shape index (κ3) is 3.48. The predicted molar refractivity (Wildman–Crippen MR) is 75.9 cm³/mol. The molecule has 1 aliphatic carbocycles. The molecule has 100 valence electrons. The van der Waals surface area contributed by atoms with Gasteiger partial charge in [-0.1, -0.05) is 18.5 Å². The van der Waals surface area contributed by atoms with E-state index in [0.717, 1.165) is 25.7 Å². The standard InChI is InChI=1S/C15H17ClN2O/c1-10-2-4-11(5-3-10)15(19)18-14-8-13(16)7-6-12(14)9-17/h6-8,10-11H,2-5H2,1H3,(H,18,19). The van der Waals surface area contributed by atoms with Crippen LogP contribution in [-0.2, 0) is 4.79 Å². The Morgan fingerprint density at radius 3 is 2.68 bits per heavy atom. The number of rotatable bonds is 2. The molecule has 0 bridgehead atoms. The lowest BCUT2D eigenvalue weighted by atomic mass is 9.82. The number of nitrogens with one attached hydrogen (secondary N) is 1. The van der Waals surface area contributed by atoms with Crippen molar-refractivity contribution in [2.75, 3.05) is 5.32 Å². The van der Waals surface area contributed by atoms with Gasteiger partial charge in [-0.2, -0.15) is 5.26 Å².